The Balaban J connectivity index is 3.55. The van der Waals surface area contributed by atoms with Gasteiger partial charge < -0.3 is 0 Å². The molecule has 0 amide bonds. The van der Waals surface area contributed by atoms with Crippen LogP contribution in [0.2, 0.25) is 0 Å². The van der Waals surface area contributed by atoms with Gasteiger partial charge in [-0.15, -0.1) is 23.2 Å². The van der Waals surface area contributed by atoms with Crippen molar-refractivity contribution in [1.29, 1.82) is 0 Å². The molecule has 0 aliphatic heterocycles. The van der Waals surface area contributed by atoms with Crippen LogP contribution in [0.5, 0.6) is 0 Å². The lowest BCUT2D eigenvalue weighted by atomic mass is 10.1. The van der Waals surface area contributed by atoms with Crippen LogP contribution in [-0.4, -0.2) is 18.3 Å². The Morgan fingerprint density at radius 3 is 1.16 bits per heavy atom. The summed E-state index contributed by atoms with van der Waals surface area (Å²) in [6, 6.07) is 0. The van der Waals surface area contributed by atoms with Crippen molar-refractivity contribution >= 4 is 92.8 Å². The molecule has 0 spiro atoms. The van der Waals surface area contributed by atoms with Crippen molar-refractivity contribution in [3.05, 3.63) is 0 Å². The van der Waals surface area contributed by atoms with E-state index in [2.05, 4.69) is 0 Å². The summed E-state index contributed by atoms with van der Waals surface area (Å²) in [6.45, 7) is 0. The molecule has 0 radical (unpaired) electrons. The fourth-order valence-corrected chi connectivity index (χ4v) is 3.98. The smallest absolute Gasteiger partial charge is 0.123 e. The molecule has 0 aliphatic carbocycles. The lowest BCUT2D eigenvalue weighted by Gasteiger charge is -2.16. The van der Waals surface area contributed by atoms with E-state index >= 15 is 0 Å². The number of hydrogen-bond acceptors (Lipinski definition) is 0. The summed E-state index contributed by atoms with van der Waals surface area (Å²) in [4.78, 5) is 0. The molecule has 0 unspecified atom stereocenters. The molecule has 0 aromatic carbocycles. The zero-order chi connectivity index (χ0) is 15.1. The van der Waals surface area contributed by atoms with E-state index in [1.807, 2.05) is 0 Å². The molecule has 0 N–H and O–H groups in total. The first-order valence-corrected chi connectivity index (χ1v) is 9.05. The number of alkyl halides is 8. The van der Waals surface area contributed by atoms with Crippen molar-refractivity contribution in [2.24, 2.45) is 0 Å². The van der Waals surface area contributed by atoms with Crippen LogP contribution in [0.25, 0.3) is 0 Å². The summed E-state index contributed by atoms with van der Waals surface area (Å²) < 4.78 is -2.56. The highest BCUT2D eigenvalue weighted by molar-refractivity contribution is 6.68. The summed E-state index contributed by atoms with van der Waals surface area (Å²) in [6.07, 6.45) is 5.26. The highest BCUT2D eigenvalue weighted by Crippen LogP contribution is 2.35. The molecule has 0 aliphatic rings. The van der Waals surface area contributed by atoms with Crippen molar-refractivity contribution in [1.82, 2.24) is 0 Å². The monoisotopic (exact) mass is 428 g/mol. The molecule has 0 bridgehead atoms. The van der Waals surface area contributed by atoms with Crippen LogP contribution < -0.4 is 0 Å². The molecular weight excluding hydrogens is 416 g/mol. The van der Waals surface area contributed by atoms with Gasteiger partial charge in [-0.1, -0.05) is 88.9 Å². The second-order valence-electron chi connectivity index (χ2n) is 4.47. The predicted molar refractivity (Wildman–Crippen MR) is 92.2 cm³/mol. The van der Waals surface area contributed by atoms with Crippen LogP contribution in [0.4, 0.5) is 0 Å². The third-order valence-electron chi connectivity index (χ3n) is 2.44. The minimum atomic E-state index is -1.28. The molecule has 0 rings (SSSR count). The van der Waals surface area contributed by atoms with Crippen molar-refractivity contribution < 1.29 is 0 Å². The third-order valence-corrected chi connectivity index (χ3v) is 4.11. The van der Waals surface area contributed by atoms with Gasteiger partial charge in [-0.05, 0) is 12.8 Å². The maximum absolute atomic E-state index is 6.06. The van der Waals surface area contributed by atoms with Gasteiger partial charge in [0.25, 0.3) is 0 Å². The van der Waals surface area contributed by atoms with Gasteiger partial charge in [0.2, 0.25) is 0 Å². The van der Waals surface area contributed by atoms with Gasteiger partial charge >= 0.3 is 0 Å². The van der Waals surface area contributed by atoms with Gasteiger partial charge in [0, 0.05) is 23.6 Å². The van der Waals surface area contributed by atoms with Gasteiger partial charge in [0.15, 0.2) is 7.59 Å². The molecule has 0 saturated carbocycles. The normalized spacial score (nSPS) is 16.4. The first kappa shape index (κ1) is 21.3. The van der Waals surface area contributed by atoms with Crippen molar-refractivity contribution in [2.75, 3.05) is 0 Å². The van der Waals surface area contributed by atoms with Crippen molar-refractivity contribution in [3.8, 4) is 0 Å². The molecule has 116 valence electrons. The average Bonchev–Trinajstić information content (AvgIpc) is 2.10. The van der Waals surface area contributed by atoms with Gasteiger partial charge in [0.1, 0.15) is 0 Å². The highest BCUT2D eigenvalue weighted by Gasteiger charge is 2.25. The van der Waals surface area contributed by atoms with E-state index in [4.69, 9.17) is 92.8 Å². The maximum Gasteiger partial charge on any atom is 0.192 e. The molecule has 0 saturated heterocycles. The molecule has 0 aromatic rings. The highest BCUT2D eigenvalue weighted by atomic mass is 35.6. The standard InChI is InChI=1S/C11H16Cl8/c12-8(6-10(14,15)16)4-2-1-3-5-9(13)7-11(17,18)19/h8-9H,1-7H2/t8-,9-/m0/s1. The van der Waals surface area contributed by atoms with Crippen LogP contribution >= 0.6 is 92.8 Å². The van der Waals surface area contributed by atoms with Crippen molar-refractivity contribution in [3.63, 3.8) is 0 Å². The molecule has 0 heterocycles. The van der Waals surface area contributed by atoms with E-state index in [1.165, 1.54) is 0 Å². The van der Waals surface area contributed by atoms with Gasteiger partial charge in [0.05, 0.1) is 0 Å². The first-order valence-electron chi connectivity index (χ1n) is 5.91. The van der Waals surface area contributed by atoms with Gasteiger partial charge in [-0.25, -0.2) is 0 Å². The molecule has 19 heavy (non-hydrogen) atoms. The Hall–Kier alpha value is 2.32. The quantitative estimate of drug-likeness (QED) is 0.273. The summed E-state index contributed by atoms with van der Waals surface area (Å²) >= 11 is 46.1. The Kier molecular flexibility index (Phi) is 11.4. The van der Waals surface area contributed by atoms with E-state index in [0.29, 0.717) is 12.8 Å². The van der Waals surface area contributed by atoms with E-state index < -0.39 is 7.59 Å². The second kappa shape index (κ2) is 10.2. The SMILES string of the molecule is Cl[C@@H](CCCCC[C@H](Cl)CC(Cl)(Cl)Cl)CC(Cl)(Cl)Cl. The zero-order valence-corrected chi connectivity index (χ0v) is 16.2. The van der Waals surface area contributed by atoms with E-state index in [1.54, 1.807) is 0 Å². The lowest BCUT2D eigenvalue weighted by molar-refractivity contribution is 0.569. The molecule has 0 nitrogen and oxygen atoms in total. The Bertz CT molecular complexity index is 208. The third kappa shape index (κ3) is 16.5. The average molecular weight is 432 g/mol. The topological polar surface area (TPSA) is 0 Å². The van der Waals surface area contributed by atoms with Crippen LogP contribution in [-0.2, 0) is 0 Å². The molecule has 0 aromatic heterocycles. The first-order chi connectivity index (χ1) is 8.49. The number of hydrogen-bond donors (Lipinski definition) is 0. The fourth-order valence-electron chi connectivity index (χ4n) is 1.61. The predicted octanol–water partition coefficient (Wildman–Crippen LogP) is 7.67. The Morgan fingerprint density at radius 2 is 0.895 bits per heavy atom. The molecular formula is C11H16Cl8. The summed E-state index contributed by atoms with van der Waals surface area (Å²) in [5, 5.41) is -0.249. The van der Waals surface area contributed by atoms with E-state index in [0.717, 1.165) is 32.1 Å². The maximum atomic E-state index is 6.06. The van der Waals surface area contributed by atoms with Crippen LogP contribution in [0.1, 0.15) is 44.9 Å². The van der Waals surface area contributed by atoms with E-state index in [9.17, 15) is 0 Å². The molecule has 0 fully saturated rings. The number of halogens is 8. The number of unbranched alkanes of at least 4 members (excludes halogenated alkanes) is 2. The minimum absolute atomic E-state index is 0.125. The lowest BCUT2D eigenvalue weighted by Crippen LogP contribution is -2.12. The summed E-state index contributed by atoms with van der Waals surface area (Å²) in [5.74, 6) is 0. The van der Waals surface area contributed by atoms with Crippen molar-refractivity contribution in [2.45, 2.75) is 63.3 Å². The largest absolute Gasteiger partial charge is 0.192 e. The number of rotatable bonds is 8. The van der Waals surface area contributed by atoms with Gasteiger partial charge in [-0.3, -0.25) is 0 Å². The minimum Gasteiger partial charge on any atom is -0.123 e. The zero-order valence-electron chi connectivity index (χ0n) is 10.1. The van der Waals surface area contributed by atoms with Crippen LogP contribution in [0.15, 0.2) is 0 Å². The van der Waals surface area contributed by atoms with Gasteiger partial charge in [-0.2, -0.15) is 0 Å². The fraction of sp³-hybridized carbons (Fsp3) is 1.00. The molecule has 2 atom stereocenters. The van der Waals surface area contributed by atoms with E-state index in [-0.39, 0.29) is 10.8 Å². The van der Waals surface area contributed by atoms with Crippen LogP contribution in [0, 0.1) is 0 Å². The molecule has 8 heteroatoms. The Labute approximate surface area is 155 Å². The summed E-state index contributed by atoms with van der Waals surface area (Å²) in [7, 11) is 0. The second-order valence-corrected chi connectivity index (χ2v) is 10.7. The Morgan fingerprint density at radius 1 is 0.579 bits per heavy atom. The van der Waals surface area contributed by atoms with Crippen LogP contribution in [0.3, 0.4) is 0 Å². The summed E-state index contributed by atoms with van der Waals surface area (Å²) in [5.41, 5.74) is 0.